The maximum absolute atomic E-state index is 11.8. The summed E-state index contributed by atoms with van der Waals surface area (Å²) in [7, 11) is 1.76. The van der Waals surface area contributed by atoms with Gasteiger partial charge in [0.15, 0.2) is 0 Å². The molecule has 1 aromatic carbocycles. The average Bonchev–Trinajstić information content (AvgIpc) is 2.71. The summed E-state index contributed by atoms with van der Waals surface area (Å²) in [5.74, 6) is 0.0799. The van der Waals surface area contributed by atoms with Crippen LogP contribution in [0.15, 0.2) is 18.2 Å². The lowest BCUT2D eigenvalue weighted by Crippen LogP contribution is -2.35. The highest BCUT2D eigenvalue weighted by Gasteiger charge is 2.23. The molecule has 86 valence electrons. The van der Waals surface area contributed by atoms with Gasteiger partial charge in [-0.05, 0) is 30.7 Å². The molecule has 2 rings (SSSR count). The summed E-state index contributed by atoms with van der Waals surface area (Å²) < 4.78 is 0. The largest absolute Gasteiger partial charge is 0.392 e. The van der Waals surface area contributed by atoms with Gasteiger partial charge in [-0.25, -0.2) is 0 Å². The minimum Gasteiger partial charge on any atom is -0.392 e. The standard InChI is InChI=1S/C12H16N2O2/c1-13-7-12(16)14-5-4-10-3-2-9(8-15)6-11(10)14/h2-3,6,13,15H,4-5,7-8H2,1H3. The van der Waals surface area contributed by atoms with Crippen LogP contribution in [-0.4, -0.2) is 31.2 Å². The molecular formula is C12H16N2O2. The first kappa shape index (κ1) is 11.1. The Bertz CT molecular complexity index is 404. The monoisotopic (exact) mass is 220 g/mol. The van der Waals surface area contributed by atoms with Gasteiger partial charge in [-0.2, -0.15) is 0 Å². The van der Waals surface area contributed by atoms with Crippen LogP contribution >= 0.6 is 0 Å². The number of likely N-dealkylation sites (N-methyl/N-ethyl adjacent to an activating group) is 1. The molecule has 0 bridgehead atoms. The molecule has 1 amide bonds. The molecule has 0 fully saturated rings. The highest BCUT2D eigenvalue weighted by molar-refractivity contribution is 5.96. The van der Waals surface area contributed by atoms with Crippen molar-refractivity contribution in [2.75, 3.05) is 25.0 Å². The quantitative estimate of drug-likeness (QED) is 0.769. The number of anilines is 1. The predicted octanol–water partition coefficient (Wildman–Crippen LogP) is 0.287. The van der Waals surface area contributed by atoms with Crippen molar-refractivity contribution in [2.45, 2.75) is 13.0 Å². The number of carbonyl (C=O) groups is 1. The average molecular weight is 220 g/mol. The van der Waals surface area contributed by atoms with Crippen molar-refractivity contribution in [2.24, 2.45) is 0 Å². The van der Waals surface area contributed by atoms with E-state index in [9.17, 15) is 4.79 Å². The summed E-state index contributed by atoms with van der Waals surface area (Å²) in [6.45, 7) is 1.11. The summed E-state index contributed by atoms with van der Waals surface area (Å²) in [6, 6.07) is 5.80. The van der Waals surface area contributed by atoms with Gasteiger partial charge in [0.2, 0.25) is 5.91 Å². The molecule has 2 N–H and O–H groups in total. The van der Waals surface area contributed by atoms with E-state index >= 15 is 0 Å². The molecule has 0 unspecified atom stereocenters. The van der Waals surface area contributed by atoms with Crippen molar-refractivity contribution in [3.63, 3.8) is 0 Å². The molecule has 0 aliphatic carbocycles. The molecule has 16 heavy (non-hydrogen) atoms. The predicted molar refractivity (Wildman–Crippen MR) is 62.3 cm³/mol. The summed E-state index contributed by atoms with van der Waals surface area (Å²) >= 11 is 0. The van der Waals surface area contributed by atoms with E-state index < -0.39 is 0 Å². The zero-order chi connectivity index (χ0) is 11.5. The van der Waals surface area contributed by atoms with Crippen LogP contribution in [0.2, 0.25) is 0 Å². The third-order valence-corrected chi connectivity index (χ3v) is 2.86. The Labute approximate surface area is 94.9 Å². The van der Waals surface area contributed by atoms with Crippen LogP contribution in [-0.2, 0) is 17.8 Å². The molecule has 4 nitrogen and oxygen atoms in total. The van der Waals surface area contributed by atoms with E-state index in [2.05, 4.69) is 5.32 Å². The van der Waals surface area contributed by atoms with E-state index in [0.29, 0.717) is 6.54 Å². The minimum absolute atomic E-state index is 0.0152. The van der Waals surface area contributed by atoms with Gasteiger partial charge < -0.3 is 15.3 Å². The Kier molecular flexibility index (Phi) is 3.22. The molecule has 0 aromatic heterocycles. The zero-order valence-electron chi connectivity index (χ0n) is 9.36. The number of aliphatic hydroxyl groups is 1. The lowest BCUT2D eigenvalue weighted by Gasteiger charge is -2.17. The Balaban J connectivity index is 2.27. The fourth-order valence-electron chi connectivity index (χ4n) is 2.03. The highest BCUT2D eigenvalue weighted by Crippen LogP contribution is 2.28. The van der Waals surface area contributed by atoms with Crippen LogP contribution in [0.5, 0.6) is 0 Å². The van der Waals surface area contributed by atoms with Crippen molar-refractivity contribution >= 4 is 11.6 Å². The topological polar surface area (TPSA) is 52.6 Å². The van der Waals surface area contributed by atoms with Crippen molar-refractivity contribution in [3.8, 4) is 0 Å². The van der Waals surface area contributed by atoms with Gasteiger partial charge in [0.05, 0.1) is 13.2 Å². The zero-order valence-corrected chi connectivity index (χ0v) is 9.36. The van der Waals surface area contributed by atoms with Crippen molar-refractivity contribution < 1.29 is 9.90 Å². The van der Waals surface area contributed by atoms with Gasteiger partial charge >= 0.3 is 0 Å². The maximum atomic E-state index is 11.8. The van der Waals surface area contributed by atoms with E-state index in [1.54, 1.807) is 11.9 Å². The van der Waals surface area contributed by atoms with Gasteiger partial charge in [0.1, 0.15) is 0 Å². The lowest BCUT2D eigenvalue weighted by atomic mass is 10.1. The van der Waals surface area contributed by atoms with E-state index in [0.717, 1.165) is 24.2 Å². The fourth-order valence-corrected chi connectivity index (χ4v) is 2.03. The summed E-state index contributed by atoms with van der Waals surface area (Å²) in [4.78, 5) is 13.6. The van der Waals surface area contributed by atoms with Crippen LogP contribution in [0.1, 0.15) is 11.1 Å². The van der Waals surface area contributed by atoms with Gasteiger partial charge in [-0.15, -0.1) is 0 Å². The number of carbonyl (C=O) groups excluding carboxylic acids is 1. The van der Waals surface area contributed by atoms with Gasteiger partial charge in [0.25, 0.3) is 0 Å². The second-order valence-corrected chi connectivity index (χ2v) is 3.95. The summed E-state index contributed by atoms with van der Waals surface area (Å²) in [5.41, 5.74) is 2.98. The van der Waals surface area contributed by atoms with Crippen molar-refractivity contribution in [1.82, 2.24) is 5.32 Å². The van der Waals surface area contributed by atoms with Crippen LogP contribution < -0.4 is 10.2 Å². The van der Waals surface area contributed by atoms with E-state index in [1.165, 1.54) is 5.56 Å². The first-order chi connectivity index (χ1) is 7.76. The second-order valence-electron chi connectivity index (χ2n) is 3.95. The maximum Gasteiger partial charge on any atom is 0.240 e. The van der Waals surface area contributed by atoms with Crippen LogP contribution in [0.3, 0.4) is 0 Å². The molecule has 0 spiro atoms. The molecule has 0 radical (unpaired) electrons. The summed E-state index contributed by atoms with van der Waals surface area (Å²) in [5, 5.41) is 11.9. The number of amides is 1. The number of aliphatic hydroxyl groups excluding tert-OH is 1. The van der Waals surface area contributed by atoms with Crippen molar-refractivity contribution in [3.05, 3.63) is 29.3 Å². The Morgan fingerprint density at radius 2 is 2.38 bits per heavy atom. The number of hydrogen-bond donors (Lipinski definition) is 2. The van der Waals surface area contributed by atoms with E-state index in [4.69, 9.17) is 5.11 Å². The first-order valence-electron chi connectivity index (χ1n) is 5.44. The summed E-state index contributed by atoms with van der Waals surface area (Å²) in [6.07, 6.45) is 0.899. The van der Waals surface area contributed by atoms with Crippen LogP contribution in [0.25, 0.3) is 0 Å². The number of benzene rings is 1. The fraction of sp³-hybridized carbons (Fsp3) is 0.417. The highest BCUT2D eigenvalue weighted by atomic mass is 16.3. The van der Waals surface area contributed by atoms with Gasteiger partial charge in [0, 0.05) is 12.2 Å². The molecule has 1 aliphatic rings. The molecule has 1 aliphatic heterocycles. The molecule has 1 heterocycles. The molecular weight excluding hydrogens is 204 g/mol. The minimum atomic E-state index is 0.0152. The van der Waals surface area contributed by atoms with Gasteiger partial charge in [-0.3, -0.25) is 4.79 Å². The Morgan fingerprint density at radius 1 is 1.56 bits per heavy atom. The first-order valence-corrected chi connectivity index (χ1v) is 5.44. The molecule has 0 atom stereocenters. The molecule has 4 heteroatoms. The SMILES string of the molecule is CNCC(=O)N1CCc2ccc(CO)cc21. The molecule has 0 saturated carbocycles. The van der Waals surface area contributed by atoms with E-state index in [1.807, 2.05) is 18.2 Å². The number of hydrogen-bond acceptors (Lipinski definition) is 3. The van der Waals surface area contributed by atoms with Crippen LogP contribution in [0, 0.1) is 0 Å². The number of rotatable bonds is 3. The Morgan fingerprint density at radius 3 is 3.06 bits per heavy atom. The third kappa shape index (κ3) is 1.94. The van der Waals surface area contributed by atoms with E-state index in [-0.39, 0.29) is 12.5 Å². The molecule has 0 saturated heterocycles. The number of fused-ring (bicyclic) bond motifs is 1. The lowest BCUT2D eigenvalue weighted by molar-refractivity contribution is -0.117. The number of nitrogens with zero attached hydrogens (tertiary/aromatic N) is 1. The number of nitrogens with one attached hydrogen (secondary N) is 1. The normalized spacial score (nSPS) is 14.0. The second kappa shape index (κ2) is 4.63. The third-order valence-electron chi connectivity index (χ3n) is 2.86. The van der Waals surface area contributed by atoms with Crippen LogP contribution in [0.4, 0.5) is 5.69 Å². The molecule has 1 aromatic rings. The van der Waals surface area contributed by atoms with Gasteiger partial charge in [-0.1, -0.05) is 12.1 Å². The Hall–Kier alpha value is -1.39. The smallest absolute Gasteiger partial charge is 0.240 e. The van der Waals surface area contributed by atoms with Crippen molar-refractivity contribution in [1.29, 1.82) is 0 Å².